The second-order valence-electron chi connectivity index (χ2n) is 7.45. The Labute approximate surface area is 156 Å². The van der Waals surface area contributed by atoms with E-state index < -0.39 is 12.3 Å². The average Bonchev–Trinajstić information content (AvgIpc) is 3.21. The summed E-state index contributed by atoms with van der Waals surface area (Å²) < 4.78 is 28.4. The molecule has 1 amide bonds. The lowest BCUT2D eigenvalue weighted by molar-refractivity contribution is 0.0716. The maximum Gasteiger partial charge on any atom is 0.275 e. The van der Waals surface area contributed by atoms with Gasteiger partial charge in [0.1, 0.15) is 0 Å². The molecule has 27 heavy (non-hydrogen) atoms. The first kappa shape index (κ1) is 17.7. The number of fused-ring (bicyclic) bond motifs is 3. The van der Waals surface area contributed by atoms with Crippen molar-refractivity contribution in [2.45, 2.75) is 39.8 Å². The lowest BCUT2D eigenvalue weighted by Crippen LogP contribution is -2.36. The van der Waals surface area contributed by atoms with E-state index in [0.717, 1.165) is 22.2 Å². The number of hydrogen-bond acceptors (Lipinski definition) is 2. The van der Waals surface area contributed by atoms with E-state index in [0.29, 0.717) is 26.1 Å². The fourth-order valence-corrected chi connectivity index (χ4v) is 3.72. The smallest absolute Gasteiger partial charge is 0.275 e. The van der Waals surface area contributed by atoms with Crippen LogP contribution in [0.3, 0.4) is 0 Å². The topological polar surface area (TPSA) is 53.9 Å². The summed E-state index contributed by atoms with van der Waals surface area (Å²) in [4.78, 5) is 18.0. The standard InChI is InChI=1S/C20H22F2N4O/c1-12(2)9-26-11-15(19(21)22)18(24-26)20(27)25-8-7-17-14(10-25)13-5-3-4-6-16(13)23-17/h3-6,11-12,19,23H,7-10H2,1-2H3. The summed E-state index contributed by atoms with van der Waals surface area (Å²) in [5.41, 5.74) is 2.79. The molecule has 0 aliphatic carbocycles. The second-order valence-corrected chi connectivity index (χ2v) is 7.45. The first-order valence-corrected chi connectivity index (χ1v) is 9.17. The summed E-state index contributed by atoms with van der Waals surface area (Å²) in [6.45, 7) is 5.35. The molecule has 0 radical (unpaired) electrons. The van der Waals surface area contributed by atoms with Crippen LogP contribution in [0.25, 0.3) is 10.9 Å². The number of aromatic amines is 1. The lowest BCUT2D eigenvalue weighted by Gasteiger charge is -2.27. The van der Waals surface area contributed by atoms with Gasteiger partial charge in [-0.2, -0.15) is 5.10 Å². The minimum atomic E-state index is -2.72. The lowest BCUT2D eigenvalue weighted by atomic mass is 10.0. The van der Waals surface area contributed by atoms with Crippen molar-refractivity contribution in [2.24, 2.45) is 5.92 Å². The maximum atomic E-state index is 13.5. The Hall–Kier alpha value is -2.70. The average molecular weight is 372 g/mol. The van der Waals surface area contributed by atoms with Gasteiger partial charge in [0, 0.05) is 54.4 Å². The van der Waals surface area contributed by atoms with Gasteiger partial charge in [0.2, 0.25) is 0 Å². The Morgan fingerprint density at radius 2 is 2.07 bits per heavy atom. The van der Waals surface area contributed by atoms with Gasteiger partial charge in [-0.3, -0.25) is 9.48 Å². The molecule has 1 N–H and O–H groups in total. The van der Waals surface area contributed by atoms with Gasteiger partial charge in [0.05, 0.1) is 5.56 Å². The fraction of sp³-hybridized carbons (Fsp3) is 0.400. The van der Waals surface area contributed by atoms with Crippen molar-refractivity contribution in [3.63, 3.8) is 0 Å². The van der Waals surface area contributed by atoms with Crippen LogP contribution in [0.2, 0.25) is 0 Å². The van der Waals surface area contributed by atoms with E-state index in [2.05, 4.69) is 10.1 Å². The number of carbonyl (C=O) groups is 1. The summed E-state index contributed by atoms with van der Waals surface area (Å²) >= 11 is 0. The molecule has 0 bridgehead atoms. The predicted octanol–water partition coefficient (Wildman–Crippen LogP) is 4.16. The van der Waals surface area contributed by atoms with Gasteiger partial charge in [-0.05, 0) is 12.0 Å². The number of H-pyrrole nitrogens is 1. The Kier molecular flexibility index (Phi) is 4.45. The van der Waals surface area contributed by atoms with Gasteiger partial charge in [0.15, 0.2) is 5.69 Å². The molecule has 0 saturated heterocycles. The molecule has 0 saturated carbocycles. The van der Waals surface area contributed by atoms with Crippen LogP contribution in [0.5, 0.6) is 0 Å². The number of rotatable bonds is 4. The van der Waals surface area contributed by atoms with E-state index in [9.17, 15) is 13.6 Å². The highest BCUT2D eigenvalue weighted by atomic mass is 19.3. The van der Waals surface area contributed by atoms with Crippen LogP contribution in [0, 0.1) is 5.92 Å². The van der Waals surface area contributed by atoms with Crippen molar-refractivity contribution in [1.82, 2.24) is 19.7 Å². The Morgan fingerprint density at radius 3 is 2.81 bits per heavy atom. The molecular formula is C20H22F2N4O. The van der Waals surface area contributed by atoms with Crippen LogP contribution < -0.4 is 0 Å². The van der Waals surface area contributed by atoms with E-state index in [1.54, 1.807) is 4.90 Å². The highest BCUT2D eigenvalue weighted by molar-refractivity contribution is 5.94. The van der Waals surface area contributed by atoms with Crippen molar-refractivity contribution in [2.75, 3.05) is 6.54 Å². The predicted molar refractivity (Wildman–Crippen MR) is 98.8 cm³/mol. The molecule has 1 aliphatic rings. The minimum absolute atomic E-state index is 0.131. The molecule has 0 atom stereocenters. The van der Waals surface area contributed by atoms with Crippen LogP contribution >= 0.6 is 0 Å². The van der Waals surface area contributed by atoms with E-state index in [4.69, 9.17) is 0 Å². The van der Waals surface area contributed by atoms with Crippen molar-refractivity contribution in [3.05, 3.63) is 53.0 Å². The molecular weight excluding hydrogens is 350 g/mol. The number of alkyl halides is 2. The van der Waals surface area contributed by atoms with E-state index in [1.165, 1.54) is 10.9 Å². The second kappa shape index (κ2) is 6.79. The normalized spacial score (nSPS) is 14.4. The van der Waals surface area contributed by atoms with E-state index in [-0.39, 0.29) is 17.2 Å². The molecule has 3 heterocycles. The first-order chi connectivity index (χ1) is 12.9. The number of hydrogen-bond donors (Lipinski definition) is 1. The van der Waals surface area contributed by atoms with Crippen molar-refractivity contribution < 1.29 is 13.6 Å². The SMILES string of the molecule is CC(C)Cn1cc(C(F)F)c(C(=O)N2CCc3[nH]c4ccccc4c3C2)n1. The summed E-state index contributed by atoms with van der Waals surface area (Å²) in [6.07, 6.45) is -0.746. The monoisotopic (exact) mass is 372 g/mol. The third kappa shape index (κ3) is 3.22. The summed E-state index contributed by atoms with van der Waals surface area (Å²) in [7, 11) is 0. The zero-order valence-electron chi connectivity index (χ0n) is 15.4. The Morgan fingerprint density at radius 1 is 1.30 bits per heavy atom. The van der Waals surface area contributed by atoms with Crippen molar-refractivity contribution in [1.29, 1.82) is 0 Å². The van der Waals surface area contributed by atoms with E-state index >= 15 is 0 Å². The molecule has 7 heteroatoms. The Bertz CT molecular complexity index is 989. The highest BCUT2D eigenvalue weighted by Gasteiger charge is 2.30. The van der Waals surface area contributed by atoms with Crippen LogP contribution in [0.15, 0.2) is 30.5 Å². The number of nitrogens with zero attached hydrogens (tertiary/aromatic N) is 3. The third-order valence-corrected chi connectivity index (χ3v) is 4.95. The molecule has 3 aromatic rings. The number of nitrogens with one attached hydrogen (secondary N) is 1. The molecule has 0 fully saturated rings. The molecule has 1 aliphatic heterocycles. The number of halogens is 2. The summed E-state index contributed by atoms with van der Waals surface area (Å²) in [5, 5.41) is 5.26. The van der Waals surface area contributed by atoms with Gasteiger partial charge >= 0.3 is 0 Å². The first-order valence-electron chi connectivity index (χ1n) is 9.17. The van der Waals surface area contributed by atoms with Gasteiger partial charge in [-0.25, -0.2) is 8.78 Å². The van der Waals surface area contributed by atoms with Crippen molar-refractivity contribution in [3.8, 4) is 0 Å². The molecule has 0 spiro atoms. The van der Waals surface area contributed by atoms with Crippen LogP contribution in [-0.2, 0) is 19.5 Å². The molecule has 4 rings (SSSR count). The zero-order valence-corrected chi connectivity index (χ0v) is 15.4. The molecule has 2 aromatic heterocycles. The zero-order chi connectivity index (χ0) is 19.1. The fourth-order valence-electron chi connectivity index (χ4n) is 3.72. The number of aromatic nitrogens is 3. The van der Waals surface area contributed by atoms with Crippen LogP contribution in [0.1, 0.15) is 47.6 Å². The summed E-state index contributed by atoms with van der Waals surface area (Å²) in [6, 6.07) is 7.94. The van der Waals surface area contributed by atoms with Gasteiger partial charge in [0.25, 0.3) is 12.3 Å². The van der Waals surface area contributed by atoms with Gasteiger partial charge in [-0.15, -0.1) is 0 Å². The largest absolute Gasteiger partial charge is 0.358 e. The third-order valence-electron chi connectivity index (χ3n) is 4.95. The van der Waals surface area contributed by atoms with Crippen molar-refractivity contribution >= 4 is 16.8 Å². The quantitative estimate of drug-likeness (QED) is 0.748. The minimum Gasteiger partial charge on any atom is -0.358 e. The molecule has 142 valence electrons. The van der Waals surface area contributed by atoms with Crippen LogP contribution in [0.4, 0.5) is 8.78 Å². The highest BCUT2D eigenvalue weighted by Crippen LogP contribution is 2.30. The van der Waals surface area contributed by atoms with Gasteiger partial charge in [-0.1, -0.05) is 32.0 Å². The van der Waals surface area contributed by atoms with Gasteiger partial charge < -0.3 is 9.88 Å². The summed E-state index contributed by atoms with van der Waals surface area (Å²) in [5.74, 6) is -0.175. The molecule has 0 unspecified atom stereocenters. The number of benzene rings is 1. The molecule has 1 aromatic carbocycles. The Balaban J connectivity index is 1.65. The molecule has 5 nitrogen and oxygen atoms in total. The number of carbonyl (C=O) groups excluding carboxylic acids is 1. The van der Waals surface area contributed by atoms with E-state index in [1.807, 2.05) is 38.1 Å². The van der Waals surface area contributed by atoms with Crippen LogP contribution in [-0.4, -0.2) is 32.1 Å². The number of para-hydroxylation sites is 1. The number of amides is 1. The maximum absolute atomic E-state index is 13.5.